The van der Waals surface area contributed by atoms with Crippen molar-refractivity contribution < 1.29 is 4.79 Å². The third-order valence-corrected chi connectivity index (χ3v) is 4.52. The van der Waals surface area contributed by atoms with Gasteiger partial charge in [0, 0.05) is 30.1 Å². The van der Waals surface area contributed by atoms with Crippen molar-refractivity contribution in [3.05, 3.63) is 56.7 Å². The smallest absolute Gasteiger partial charge is 0.251 e. The van der Waals surface area contributed by atoms with Crippen LogP contribution >= 0.6 is 22.9 Å². The summed E-state index contributed by atoms with van der Waals surface area (Å²) in [5.74, 6) is 0.00110. The van der Waals surface area contributed by atoms with Crippen LogP contribution in [0.25, 0.3) is 0 Å². The Labute approximate surface area is 140 Å². The summed E-state index contributed by atoms with van der Waals surface area (Å²) in [6.07, 6.45) is 2.10. The number of amides is 1. The number of hydrogen-bond donors (Lipinski definition) is 2. The summed E-state index contributed by atoms with van der Waals surface area (Å²) >= 11 is 7.49. The predicted octanol–water partition coefficient (Wildman–Crippen LogP) is 4.22. The van der Waals surface area contributed by atoms with Crippen LogP contribution in [0.15, 0.2) is 36.4 Å². The minimum absolute atomic E-state index is 0.00110. The fraction of sp³-hybridized carbons (Fsp3) is 0.353. The maximum absolute atomic E-state index is 11.9. The van der Waals surface area contributed by atoms with E-state index in [9.17, 15) is 4.79 Å². The first kappa shape index (κ1) is 17.0. The van der Waals surface area contributed by atoms with Crippen LogP contribution in [0, 0.1) is 0 Å². The summed E-state index contributed by atoms with van der Waals surface area (Å²) in [5, 5.41) is 6.29. The lowest BCUT2D eigenvalue weighted by molar-refractivity contribution is 0.0953. The molecule has 0 atom stereocenters. The molecule has 2 rings (SSSR count). The fourth-order valence-electron chi connectivity index (χ4n) is 2.03. The summed E-state index contributed by atoms with van der Waals surface area (Å²) in [7, 11) is 0. The van der Waals surface area contributed by atoms with Crippen molar-refractivity contribution >= 4 is 28.8 Å². The zero-order valence-electron chi connectivity index (χ0n) is 12.7. The van der Waals surface area contributed by atoms with Gasteiger partial charge >= 0.3 is 0 Å². The van der Waals surface area contributed by atoms with Gasteiger partial charge < -0.3 is 10.6 Å². The van der Waals surface area contributed by atoms with Crippen LogP contribution in [0.4, 0.5) is 0 Å². The molecule has 2 aromatic rings. The van der Waals surface area contributed by atoms with Gasteiger partial charge in [0.2, 0.25) is 0 Å². The fourth-order valence-corrected chi connectivity index (χ4v) is 3.09. The molecule has 0 saturated carbocycles. The molecule has 1 amide bonds. The molecule has 0 aliphatic carbocycles. The molecule has 0 radical (unpaired) electrons. The number of unbranched alkanes of at least 4 members (excludes halogenated alkanes) is 1. The Balaban J connectivity index is 1.77. The molecular formula is C17H21ClN2OS. The molecule has 118 valence electrons. The Kier molecular flexibility index (Phi) is 6.90. The quantitative estimate of drug-likeness (QED) is 0.708. The van der Waals surface area contributed by atoms with Crippen LogP contribution in [0.1, 0.15) is 40.6 Å². The number of nitrogens with one attached hydrogen (secondary N) is 2. The Morgan fingerprint density at radius 3 is 2.55 bits per heavy atom. The van der Waals surface area contributed by atoms with Gasteiger partial charge in [-0.1, -0.05) is 37.1 Å². The van der Waals surface area contributed by atoms with Crippen molar-refractivity contribution in [3.8, 4) is 0 Å². The number of rotatable bonds is 8. The first-order valence-electron chi connectivity index (χ1n) is 7.51. The summed E-state index contributed by atoms with van der Waals surface area (Å²) in [5.41, 5.74) is 1.87. The van der Waals surface area contributed by atoms with E-state index in [4.69, 9.17) is 11.6 Å². The maximum atomic E-state index is 11.9. The summed E-state index contributed by atoms with van der Waals surface area (Å²) in [4.78, 5) is 13.1. The van der Waals surface area contributed by atoms with Crippen molar-refractivity contribution in [1.82, 2.24) is 10.6 Å². The van der Waals surface area contributed by atoms with Crippen molar-refractivity contribution in [3.63, 3.8) is 0 Å². The van der Waals surface area contributed by atoms with E-state index in [0.29, 0.717) is 5.56 Å². The maximum Gasteiger partial charge on any atom is 0.251 e. The molecule has 0 spiro atoms. The molecule has 0 fully saturated rings. The van der Waals surface area contributed by atoms with E-state index < -0.39 is 0 Å². The Hall–Kier alpha value is -1.36. The van der Waals surface area contributed by atoms with Crippen molar-refractivity contribution in [2.45, 2.75) is 32.9 Å². The molecule has 5 heteroatoms. The Morgan fingerprint density at radius 2 is 1.91 bits per heavy atom. The zero-order chi connectivity index (χ0) is 15.8. The standard InChI is InChI=1S/C17H21ClN2OS/c1-2-3-10-20-17(21)14-6-4-13(5-7-14)11-19-12-15-8-9-16(18)22-15/h4-9,19H,2-3,10-12H2,1H3,(H,20,21). The summed E-state index contributed by atoms with van der Waals surface area (Å²) in [6.45, 7) is 4.42. The third kappa shape index (κ3) is 5.44. The van der Waals surface area contributed by atoms with Crippen LogP contribution in [0.3, 0.4) is 0 Å². The molecule has 0 saturated heterocycles. The van der Waals surface area contributed by atoms with Gasteiger partial charge in [0.05, 0.1) is 4.34 Å². The van der Waals surface area contributed by atoms with E-state index in [-0.39, 0.29) is 5.91 Å². The van der Waals surface area contributed by atoms with E-state index in [1.807, 2.05) is 36.4 Å². The zero-order valence-corrected chi connectivity index (χ0v) is 14.3. The van der Waals surface area contributed by atoms with E-state index >= 15 is 0 Å². The minimum atomic E-state index is 0.00110. The SMILES string of the molecule is CCCCNC(=O)c1ccc(CNCc2ccc(Cl)s2)cc1. The van der Waals surface area contributed by atoms with Gasteiger partial charge in [-0.25, -0.2) is 0 Å². The van der Waals surface area contributed by atoms with Gasteiger partial charge in [0.25, 0.3) is 5.91 Å². The van der Waals surface area contributed by atoms with E-state index in [1.54, 1.807) is 11.3 Å². The van der Waals surface area contributed by atoms with Crippen LogP contribution < -0.4 is 10.6 Å². The molecule has 0 unspecified atom stereocenters. The number of carbonyl (C=O) groups excluding carboxylic acids is 1. The van der Waals surface area contributed by atoms with Crippen LogP contribution in [0.2, 0.25) is 4.34 Å². The summed E-state index contributed by atoms with van der Waals surface area (Å²) < 4.78 is 0.815. The number of carbonyl (C=O) groups is 1. The minimum Gasteiger partial charge on any atom is -0.352 e. The lowest BCUT2D eigenvalue weighted by Crippen LogP contribution is -2.24. The second kappa shape index (κ2) is 8.93. The molecule has 0 aliphatic heterocycles. The molecular weight excluding hydrogens is 316 g/mol. The van der Waals surface area contributed by atoms with Gasteiger partial charge in [-0.15, -0.1) is 11.3 Å². The highest BCUT2D eigenvalue weighted by Crippen LogP contribution is 2.21. The van der Waals surface area contributed by atoms with E-state index in [2.05, 4.69) is 17.6 Å². The normalized spacial score (nSPS) is 10.6. The lowest BCUT2D eigenvalue weighted by Gasteiger charge is -2.06. The predicted molar refractivity (Wildman–Crippen MR) is 93.6 cm³/mol. The molecule has 1 aromatic carbocycles. The summed E-state index contributed by atoms with van der Waals surface area (Å²) in [6, 6.07) is 11.7. The average Bonchev–Trinajstić information content (AvgIpc) is 2.93. The monoisotopic (exact) mass is 336 g/mol. The number of benzene rings is 1. The van der Waals surface area contributed by atoms with Gasteiger partial charge in [-0.2, -0.15) is 0 Å². The topological polar surface area (TPSA) is 41.1 Å². The largest absolute Gasteiger partial charge is 0.352 e. The van der Waals surface area contributed by atoms with Crippen molar-refractivity contribution in [2.75, 3.05) is 6.54 Å². The molecule has 1 aromatic heterocycles. The first-order valence-corrected chi connectivity index (χ1v) is 8.70. The molecule has 3 nitrogen and oxygen atoms in total. The van der Waals surface area contributed by atoms with Gasteiger partial charge in [0.15, 0.2) is 0 Å². The molecule has 0 aliphatic rings. The Bertz CT molecular complexity index is 595. The second-order valence-corrected chi connectivity index (χ2v) is 6.92. The van der Waals surface area contributed by atoms with Gasteiger partial charge in [0.1, 0.15) is 0 Å². The molecule has 1 heterocycles. The third-order valence-electron chi connectivity index (χ3n) is 3.29. The van der Waals surface area contributed by atoms with Crippen LogP contribution in [0.5, 0.6) is 0 Å². The molecule has 22 heavy (non-hydrogen) atoms. The van der Waals surface area contributed by atoms with E-state index in [1.165, 1.54) is 4.88 Å². The number of halogens is 1. The molecule has 0 bridgehead atoms. The van der Waals surface area contributed by atoms with Crippen molar-refractivity contribution in [1.29, 1.82) is 0 Å². The van der Waals surface area contributed by atoms with Crippen LogP contribution in [-0.2, 0) is 13.1 Å². The highest BCUT2D eigenvalue weighted by Gasteiger charge is 2.04. The van der Waals surface area contributed by atoms with Gasteiger partial charge in [-0.05, 0) is 36.2 Å². The van der Waals surface area contributed by atoms with Gasteiger partial charge in [-0.3, -0.25) is 4.79 Å². The van der Waals surface area contributed by atoms with E-state index in [0.717, 1.165) is 42.4 Å². The second-order valence-electron chi connectivity index (χ2n) is 5.12. The lowest BCUT2D eigenvalue weighted by atomic mass is 10.1. The molecule has 2 N–H and O–H groups in total. The Morgan fingerprint density at radius 1 is 1.14 bits per heavy atom. The van der Waals surface area contributed by atoms with Crippen molar-refractivity contribution in [2.24, 2.45) is 0 Å². The first-order chi connectivity index (χ1) is 10.7. The number of thiophene rings is 1. The highest BCUT2D eigenvalue weighted by atomic mass is 35.5. The highest BCUT2D eigenvalue weighted by molar-refractivity contribution is 7.16. The van der Waals surface area contributed by atoms with Crippen LogP contribution in [-0.4, -0.2) is 12.5 Å². The average molecular weight is 337 g/mol. The number of hydrogen-bond acceptors (Lipinski definition) is 3.